The number of amides is 1. The van der Waals surface area contributed by atoms with Gasteiger partial charge in [0.25, 0.3) is 0 Å². The predicted octanol–water partition coefficient (Wildman–Crippen LogP) is 2.93. The van der Waals surface area contributed by atoms with E-state index in [9.17, 15) is 18.0 Å². The van der Waals surface area contributed by atoms with Crippen molar-refractivity contribution in [1.82, 2.24) is 10.2 Å². The van der Waals surface area contributed by atoms with Crippen LogP contribution in [0, 0.1) is 5.92 Å². The lowest BCUT2D eigenvalue weighted by Crippen LogP contribution is -2.20. The van der Waals surface area contributed by atoms with E-state index >= 15 is 0 Å². The molecule has 1 aromatic rings. The van der Waals surface area contributed by atoms with Gasteiger partial charge in [0.05, 0.1) is 0 Å². The summed E-state index contributed by atoms with van der Waals surface area (Å²) < 4.78 is 36.6. The Balaban J connectivity index is 2.64. The maximum atomic E-state index is 12.2. The second kappa shape index (κ2) is 5.44. The SMILES string of the molecule is CCC[C@@H](C)C(=O)Nc1nnc(C(F)(F)F)s1. The van der Waals surface area contributed by atoms with Gasteiger partial charge in [-0.25, -0.2) is 0 Å². The van der Waals surface area contributed by atoms with Crippen LogP contribution in [-0.2, 0) is 11.0 Å². The molecule has 0 unspecified atom stereocenters. The van der Waals surface area contributed by atoms with Crippen molar-refractivity contribution in [2.24, 2.45) is 5.92 Å². The molecule has 96 valence electrons. The van der Waals surface area contributed by atoms with Crippen LogP contribution in [0.15, 0.2) is 0 Å². The molecule has 17 heavy (non-hydrogen) atoms. The number of anilines is 1. The van der Waals surface area contributed by atoms with E-state index in [1.165, 1.54) is 0 Å². The van der Waals surface area contributed by atoms with Crippen LogP contribution in [-0.4, -0.2) is 16.1 Å². The summed E-state index contributed by atoms with van der Waals surface area (Å²) in [4.78, 5) is 11.5. The second-order valence-electron chi connectivity index (χ2n) is 3.59. The lowest BCUT2D eigenvalue weighted by atomic mass is 10.1. The van der Waals surface area contributed by atoms with Crippen molar-refractivity contribution in [3.8, 4) is 0 Å². The molecule has 1 heterocycles. The van der Waals surface area contributed by atoms with E-state index in [1.54, 1.807) is 6.92 Å². The molecule has 1 amide bonds. The molecule has 0 bridgehead atoms. The number of rotatable bonds is 4. The minimum Gasteiger partial charge on any atom is -0.300 e. The zero-order valence-corrected chi connectivity index (χ0v) is 10.2. The molecular formula is C9H12F3N3OS. The summed E-state index contributed by atoms with van der Waals surface area (Å²) in [6, 6.07) is 0. The van der Waals surface area contributed by atoms with E-state index in [4.69, 9.17) is 0 Å². The van der Waals surface area contributed by atoms with Crippen molar-refractivity contribution >= 4 is 22.4 Å². The van der Waals surface area contributed by atoms with E-state index in [0.717, 1.165) is 6.42 Å². The third-order valence-electron chi connectivity index (χ3n) is 2.07. The first-order chi connectivity index (χ1) is 7.84. The molecule has 1 N–H and O–H groups in total. The van der Waals surface area contributed by atoms with Crippen LogP contribution < -0.4 is 5.32 Å². The molecule has 0 spiro atoms. The average molecular weight is 267 g/mol. The monoisotopic (exact) mass is 267 g/mol. The third-order valence-corrected chi connectivity index (χ3v) is 2.95. The Labute approximate surface area is 100 Å². The summed E-state index contributed by atoms with van der Waals surface area (Å²) in [6.07, 6.45) is -3.01. The summed E-state index contributed by atoms with van der Waals surface area (Å²) in [5.41, 5.74) is 0. The van der Waals surface area contributed by atoms with Crippen molar-refractivity contribution in [2.45, 2.75) is 32.9 Å². The van der Waals surface area contributed by atoms with Crippen molar-refractivity contribution in [1.29, 1.82) is 0 Å². The number of halogens is 3. The summed E-state index contributed by atoms with van der Waals surface area (Å²) in [5.74, 6) is -0.588. The lowest BCUT2D eigenvalue weighted by molar-refractivity contribution is -0.138. The molecule has 0 radical (unpaired) electrons. The Morgan fingerprint density at radius 2 is 2.12 bits per heavy atom. The van der Waals surface area contributed by atoms with Crippen LogP contribution in [0.25, 0.3) is 0 Å². The molecule has 0 aliphatic heterocycles. The van der Waals surface area contributed by atoms with Crippen LogP contribution in [0.1, 0.15) is 31.7 Å². The first-order valence-electron chi connectivity index (χ1n) is 5.06. The van der Waals surface area contributed by atoms with Gasteiger partial charge in [0.2, 0.25) is 16.0 Å². The molecule has 1 rings (SSSR count). The molecule has 8 heteroatoms. The third kappa shape index (κ3) is 3.95. The standard InChI is InChI=1S/C9H12F3N3OS/c1-3-4-5(2)6(16)13-8-15-14-7(17-8)9(10,11)12/h5H,3-4H2,1-2H3,(H,13,15,16)/t5-/m1/s1. The van der Waals surface area contributed by atoms with Crippen LogP contribution in [0.2, 0.25) is 0 Å². The number of carbonyl (C=O) groups is 1. The summed E-state index contributed by atoms with van der Waals surface area (Å²) in [7, 11) is 0. The topological polar surface area (TPSA) is 54.9 Å². The first kappa shape index (κ1) is 13.9. The average Bonchev–Trinajstić information content (AvgIpc) is 2.66. The summed E-state index contributed by atoms with van der Waals surface area (Å²) in [5, 5.41) is 7.40. The van der Waals surface area contributed by atoms with E-state index < -0.39 is 11.2 Å². The highest BCUT2D eigenvalue weighted by Crippen LogP contribution is 2.33. The van der Waals surface area contributed by atoms with Gasteiger partial charge in [0.15, 0.2) is 0 Å². The zero-order valence-electron chi connectivity index (χ0n) is 9.34. The largest absolute Gasteiger partial charge is 0.445 e. The minimum atomic E-state index is -4.52. The first-order valence-corrected chi connectivity index (χ1v) is 5.87. The summed E-state index contributed by atoms with van der Waals surface area (Å²) in [6.45, 7) is 3.64. The molecule has 0 saturated heterocycles. The van der Waals surface area contributed by atoms with Gasteiger partial charge in [0, 0.05) is 5.92 Å². The van der Waals surface area contributed by atoms with Crippen LogP contribution in [0.4, 0.5) is 18.3 Å². The highest BCUT2D eigenvalue weighted by Gasteiger charge is 2.35. The Morgan fingerprint density at radius 1 is 1.47 bits per heavy atom. The van der Waals surface area contributed by atoms with Crippen molar-refractivity contribution in [2.75, 3.05) is 5.32 Å². The number of alkyl halides is 3. The van der Waals surface area contributed by atoms with Crippen molar-refractivity contribution in [3.05, 3.63) is 5.01 Å². The zero-order chi connectivity index (χ0) is 13.1. The Bertz CT molecular complexity index is 391. The highest BCUT2D eigenvalue weighted by atomic mass is 32.1. The molecule has 4 nitrogen and oxygen atoms in total. The number of carbonyl (C=O) groups excluding carboxylic acids is 1. The van der Waals surface area contributed by atoms with Gasteiger partial charge in [-0.15, -0.1) is 10.2 Å². The number of nitrogens with zero attached hydrogens (tertiary/aromatic N) is 2. The Hall–Kier alpha value is -1.18. The van der Waals surface area contributed by atoms with E-state index in [2.05, 4.69) is 15.5 Å². The van der Waals surface area contributed by atoms with Gasteiger partial charge < -0.3 is 5.32 Å². The fraction of sp³-hybridized carbons (Fsp3) is 0.667. The van der Waals surface area contributed by atoms with E-state index in [-0.39, 0.29) is 17.0 Å². The quantitative estimate of drug-likeness (QED) is 0.912. The minimum absolute atomic E-state index is 0.120. The fourth-order valence-corrected chi connectivity index (χ4v) is 1.79. The van der Waals surface area contributed by atoms with Crippen molar-refractivity contribution in [3.63, 3.8) is 0 Å². The fourth-order valence-electron chi connectivity index (χ4n) is 1.18. The molecule has 0 fully saturated rings. The smallest absolute Gasteiger partial charge is 0.300 e. The highest BCUT2D eigenvalue weighted by molar-refractivity contribution is 7.15. The molecule has 0 aliphatic carbocycles. The van der Waals surface area contributed by atoms with Gasteiger partial charge in [0.1, 0.15) is 0 Å². The molecule has 0 aromatic carbocycles. The van der Waals surface area contributed by atoms with E-state index in [0.29, 0.717) is 17.8 Å². The molecule has 0 aliphatic rings. The summed E-state index contributed by atoms with van der Waals surface area (Å²) >= 11 is 0.324. The number of hydrogen-bond acceptors (Lipinski definition) is 4. The maximum absolute atomic E-state index is 12.2. The van der Waals surface area contributed by atoms with E-state index in [1.807, 2.05) is 6.92 Å². The van der Waals surface area contributed by atoms with Crippen LogP contribution in [0.5, 0.6) is 0 Å². The van der Waals surface area contributed by atoms with Crippen molar-refractivity contribution < 1.29 is 18.0 Å². The second-order valence-corrected chi connectivity index (χ2v) is 4.57. The van der Waals surface area contributed by atoms with Gasteiger partial charge in [-0.3, -0.25) is 4.79 Å². The molecular weight excluding hydrogens is 255 g/mol. The Kier molecular flexibility index (Phi) is 4.44. The van der Waals surface area contributed by atoms with Gasteiger partial charge in [-0.2, -0.15) is 13.2 Å². The van der Waals surface area contributed by atoms with Gasteiger partial charge >= 0.3 is 6.18 Å². The molecule has 1 aromatic heterocycles. The van der Waals surface area contributed by atoms with Crippen LogP contribution in [0.3, 0.4) is 0 Å². The maximum Gasteiger partial charge on any atom is 0.445 e. The molecule has 0 saturated carbocycles. The lowest BCUT2D eigenvalue weighted by Gasteiger charge is -2.07. The van der Waals surface area contributed by atoms with Crippen LogP contribution >= 0.6 is 11.3 Å². The predicted molar refractivity (Wildman–Crippen MR) is 57.6 cm³/mol. The molecule has 1 atom stereocenters. The normalized spacial score (nSPS) is 13.5. The van der Waals surface area contributed by atoms with Gasteiger partial charge in [-0.05, 0) is 6.42 Å². The Morgan fingerprint density at radius 3 is 2.59 bits per heavy atom. The van der Waals surface area contributed by atoms with Gasteiger partial charge in [-0.1, -0.05) is 31.6 Å². The number of aromatic nitrogens is 2. The number of hydrogen-bond donors (Lipinski definition) is 1. The number of nitrogens with one attached hydrogen (secondary N) is 1.